The van der Waals surface area contributed by atoms with Gasteiger partial charge >= 0.3 is 0 Å². The van der Waals surface area contributed by atoms with Gasteiger partial charge in [-0.3, -0.25) is 4.79 Å². The molecule has 2 saturated heterocycles. The van der Waals surface area contributed by atoms with Crippen molar-refractivity contribution in [3.05, 3.63) is 48.0 Å². The van der Waals surface area contributed by atoms with Gasteiger partial charge in [-0.2, -0.15) is 4.31 Å². The second-order valence-electron chi connectivity index (χ2n) is 8.51. The van der Waals surface area contributed by atoms with E-state index in [-0.39, 0.29) is 23.5 Å². The van der Waals surface area contributed by atoms with Gasteiger partial charge in [-0.1, -0.05) is 17.7 Å². The minimum atomic E-state index is -3.66. The van der Waals surface area contributed by atoms with E-state index in [1.54, 1.807) is 18.2 Å². The summed E-state index contributed by atoms with van der Waals surface area (Å²) in [4.78, 5) is 12.7. The summed E-state index contributed by atoms with van der Waals surface area (Å²) in [5.41, 5.74) is 3.08. The summed E-state index contributed by atoms with van der Waals surface area (Å²) in [5, 5.41) is 9.31. The molecule has 2 aliphatic rings. The van der Waals surface area contributed by atoms with Gasteiger partial charge in [0.1, 0.15) is 0 Å². The number of aryl methyl sites for hydroxylation is 1. The van der Waals surface area contributed by atoms with Crippen molar-refractivity contribution in [2.75, 3.05) is 62.0 Å². The van der Waals surface area contributed by atoms with Gasteiger partial charge in [-0.25, -0.2) is 8.42 Å². The highest BCUT2D eigenvalue weighted by atomic mass is 32.2. The summed E-state index contributed by atoms with van der Waals surface area (Å²) in [6.45, 7) is 4.74. The summed E-state index contributed by atoms with van der Waals surface area (Å²) in [6, 6.07) is 12.5. The van der Waals surface area contributed by atoms with Crippen LogP contribution in [0.25, 0.3) is 0 Å². The Morgan fingerprint density at radius 2 is 1.79 bits per heavy atom. The standard InChI is InChI=1S/C24H32N4O5S/c1-18-4-6-19(7-5-18)27-24(29)17-26-23-15-21(34(30,31)28-10-13-32-14-11-28)8-9-22(23)25-16-20-3-2-12-33-20/h4-9,15,20,25-26H,2-3,10-14,16-17H2,1H3,(H,27,29). The molecule has 9 nitrogen and oxygen atoms in total. The first-order valence-electron chi connectivity index (χ1n) is 11.6. The second kappa shape index (κ2) is 11.2. The third-order valence-corrected chi connectivity index (χ3v) is 7.81. The van der Waals surface area contributed by atoms with E-state index in [2.05, 4.69) is 16.0 Å². The molecule has 10 heteroatoms. The number of nitrogens with one attached hydrogen (secondary N) is 3. The first-order chi connectivity index (χ1) is 16.4. The highest BCUT2D eigenvalue weighted by molar-refractivity contribution is 7.89. The molecule has 2 aromatic rings. The number of morpholine rings is 1. The number of hydrogen-bond acceptors (Lipinski definition) is 7. The summed E-state index contributed by atoms with van der Waals surface area (Å²) in [6.07, 6.45) is 2.14. The zero-order valence-electron chi connectivity index (χ0n) is 19.4. The van der Waals surface area contributed by atoms with Crippen LogP contribution < -0.4 is 16.0 Å². The normalized spacial score (nSPS) is 19.0. The van der Waals surface area contributed by atoms with E-state index in [0.717, 1.165) is 30.7 Å². The molecule has 2 fully saturated rings. The van der Waals surface area contributed by atoms with Gasteiger partial charge < -0.3 is 25.4 Å². The van der Waals surface area contributed by atoms with Crippen molar-refractivity contribution in [2.45, 2.75) is 30.8 Å². The predicted octanol–water partition coefficient (Wildman–Crippen LogP) is 2.66. The first kappa shape index (κ1) is 24.5. The Labute approximate surface area is 200 Å². The van der Waals surface area contributed by atoms with Crippen LogP contribution in [-0.4, -0.2) is 70.7 Å². The number of carbonyl (C=O) groups excluding carboxylic acids is 1. The molecule has 1 unspecified atom stereocenters. The van der Waals surface area contributed by atoms with Gasteiger partial charge in [0, 0.05) is 31.9 Å². The molecule has 1 amide bonds. The maximum atomic E-state index is 13.1. The van der Waals surface area contributed by atoms with E-state index < -0.39 is 10.0 Å². The molecule has 2 aromatic carbocycles. The van der Waals surface area contributed by atoms with E-state index >= 15 is 0 Å². The lowest BCUT2D eigenvalue weighted by Crippen LogP contribution is -2.40. The lowest BCUT2D eigenvalue weighted by atomic mass is 10.2. The van der Waals surface area contributed by atoms with Crippen LogP contribution in [0.15, 0.2) is 47.4 Å². The zero-order chi connectivity index (χ0) is 24.0. The van der Waals surface area contributed by atoms with Crippen LogP contribution in [0.5, 0.6) is 0 Å². The maximum Gasteiger partial charge on any atom is 0.243 e. The van der Waals surface area contributed by atoms with Crippen molar-refractivity contribution in [3.8, 4) is 0 Å². The number of rotatable bonds is 9. The number of sulfonamides is 1. The quantitative estimate of drug-likeness (QED) is 0.498. The van der Waals surface area contributed by atoms with Gasteiger partial charge in [0.15, 0.2) is 0 Å². The smallest absolute Gasteiger partial charge is 0.243 e. The summed E-state index contributed by atoms with van der Waals surface area (Å²) in [5.74, 6) is -0.227. The third-order valence-electron chi connectivity index (χ3n) is 5.92. The minimum Gasteiger partial charge on any atom is -0.381 e. The van der Waals surface area contributed by atoms with Crippen LogP contribution in [0.1, 0.15) is 18.4 Å². The number of hydrogen-bond donors (Lipinski definition) is 3. The molecule has 0 bridgehead atoms. The van der Waals surface area contributed by atoms with E-state index in [1.807, 2.05) is 31.2 Å². The number of carbonyl (C=O) groups is 1. The molecule has 184 valence electrons. The number of amides is 1. The monoisotopic (exact) mass is 488 g/mol. The molecule has 0 saturated carbocycles. The number of nitrogens with zero attached hydrogens (tertiary/aromatic N) is 1. The van der Waals surface area contributed by atoms with Crippen LogP contribution in [0, 0.1) is 6.92 Å². The molecule has 34 heavy (non-hydrogen) atoms. The Balaban J connectivity index is 1.49. The Bertz CT molecular complexity index is 1080. The summed E-state index contributed by atoms with van der Waals surface area (Å²) in [7, 11) is -3.66. The van der Waals surface area contributed by atoms with Gasteiger partial charge in [-0.05, 0) is 50.1 Å². The topological polar surface area (TPSA) is 109 Å². The van der Waals surface area contributed by atoms with Gasteiger partial charge in [-0.15, -0.1) is 0 Å². The molecule has 0 aliphatic carbocycles. The predicted molar refractivity (Wildman–Crippen MR) is 132 cm³/mol. The fraction of sp³-hybridized carbons (Fsp3) is 0.458. The Kier molecular flexibility index (Phi) is 8.04. The molecule has 0 radical (unpaired) electrons. The Morgan fingerprint density at radius 1 is 1.03 bits per heavy atom. The number of ether oxygens (including phenoxy) is 2. The van der Waals surface area contributed by atoms with Crippen molar-refractivity contribution in [3.63, 3.8) is 0 Å². The fourth-order valence-electron chi connectivity index (χ4n) is 3.97. The van der Waals surface area contributed by atoms with Crippen molar-refractivity contribution in [1.29, 1.82) is 0 Å². The van der Waals surface area contributed by atoms with Crippen LogP contribution >= 0.6 is 0 Å². The Morgan fingerprint density at radius 3 is 2.50 bits per heavy atom. The van der Waals surface area contributed by atoms with Crippen molar-refractivity contribution >= 4 is 33.0 Å². The highest BCUT2D eigenvalue weighted by Gasteiger charge is 2.27. The molecule has 0 aromatic heterocycles. The summed E-state index contributed by atoms with van der Waals surface area (Å²) >= 11 is 0. The molecular weight excluding hydrogens is 456 g/mol. The SMILES string of the molecule is Cc1ccc(NC(=O)CNc2cc(S(=O)(=O)N3CCOCC3)ccc2NCC2CCCO2)cc1. The molecular formula is C24H32N4O5S. The van der Waals surface area contributed by atoms with Crippen LogP contribution in [0.3, 0.4) is 0 Å². The number of benzene rings is 2. The summed E-state index contributed by atoms with van der Waals surface area (Å²) < 4.78 is 38.7. The molecule has 3 N–H and O–H groups in total. The van der Waals surface area contributed by atoms with Crippen LogP contribution in [-0.2, 0) is 24.3 Å². The fourth-order valence-corrected chi connectivity index (χ4v) is 5.40. The van der Waals surface area contributed by atoms with E-state index in [0.29, 0.717) is 44.2 Å². The highest BCUT2D eigenvalue weighted by Crippen LogP contribution is 2.28. The van der Waals surface area contributed by atoms with Crippen LogP contribution in [0.4, 0.5) is 17.1 Å². The first-order valence-corrected chi connectivity index (χ1v) is 13.0. The molecule has 2 heterocycles. The van der Waals surface area contributed by atoms with Crippen molar-refractivity contribution in [1.82, 2.24) is 4.31 Å². The van der Waals surface area contributed by atoms with E-state index in [9.17, 15) is 13.2 Å². The van der Waals surface area contributed by atoms with E-state index in [1.165, 1.54) is 4.31 Å². The average Bonchev–Trinajstić information content (AvgIpc) is 3.37. The second-order valence-corrected chi connectivity index (χ2v) is 10.4. The zero-order valence-corrected chi connectivity index (χ0v) is 20.2. The van der Waals surface area contributed by atoms with Gasteiger partial charge in [0.2, 0.25) is 15.9 Å². The molecule has 2 aliphatic heterocycles. The van der Waals surface area contributed by atoms with Crippen molar-refractivity contribution in [2.24, 2.45) is 0 Å². The lowest BCUT2D eigenvalue weighted by molar-refractivity contribution is -0.114. The largest absolute Gasteiger partial charge is 0.381 e. The molecule has 1 atom stereocenters. The minimum absolute atomic E-state index is 0.0104. The number of anilines is 3. The average molecular weight is 489 g/mol. The van der Waals surface area contributed by atoms with E-state index in [4.69, 9.17) is 9.47 Å². The molecule has 0 spiro atoms. The Hall–Kier alpha value is -2.66. The molecule has 4 rings (SSSR count). The van der Waals surface area contributed by atoms with Gasteiger partial charge in [0.05, 0.1) is 42.1 Å². The van der Waals surface area contributed by atoms with Crippen LogP contribution in [0.2, 0.25) is 0 Å². The maximum absolute atomic E-state index is 13.1. The van der Waals surface area contributed by atoms with Crippen molar-refractivity contribution < 1.29 is 22.7 Å². The van der Waals surface area contributed by atoms with Gasteiger partial charge in [0.25, 0.3) is 0 Å². The lowest BCUT2D eigenvalue weighted by Gasteiger charge is -2.26. The third kappa shape index (κ3) is 6.26.